The number of amides is 1. The van der Waals surface area contributed by atoms with Gasteiger partial charge >= 0.3 is 0 Å². The van der Waals surface area contributed by atoms with Gasteiger partial charge in [-0.25, -0.2) is 8.78 Å². The minimum Gasteiger partial charge on any atom is -0.493 e. The van der Waals surface area contributed by atoms with Crippen LogP contribution in [-0.4, -0.2) is 31.5 Å². The van der Waals surface area contributed by atoms with Gasteiger partial charge in [-0.3, -0.25) is 4.79 Å². The van der Waals surface area contributed by atoms with Crippen molar-refractivity contribution in [3.63, 3.8) is 0 Å². The smallest absolute Gasteiger partial charge is 0.277 e. The lowest BCUT2D eigenvalue weighted by Gasteiger charge is -2.14. The minimum atomic E-state index is -3.06. The van der Waals surface area contributed by atoms with Crippen molar-refractivity contribution in [3.05, 3.63) is 42.5 Å². The summed E-state index contributed by atoms with van der Waals surface area (Å²) in [4.78, 5) is 11.5. The minimum absolute atomic E-state index is 0.130. The number of rotatable bonds is 8. The number of fused-ring (bicyclic) bond motifs is 1. The van der Waals surface area contributed by atoms with Gasteiger partial charge in [0.25, 0.3) is 5.92 Å². The molecule has 6 heteroatoms. The fourth-order valence-corrected chi connectivity index (χ4v) is 2.12. The first kappa shape index (κ1) is 17.1. The molecule has 0 bridgehead atoms. The van der Waals surface area contributed by atoms with Crippen LogP contribution in [0.1, 0.15) is 12.8 Å². The molecule has 2 aromatic carbocycles. The van der Waals surface area contributed by atoms with E-state index >= 15 is 0 Å². The fourth-order valence-electron chi connectivity index (χ4n) is 2.12. The van der Waals surface area contributed by atoms with Gasteiger partial charge in [-0.2, -0.15) is 0 Å². The highest BCUT2D eigenvalue weighted by Gasteiger charge is 2.26. The molecule has 0 radical (unpaired) electrons. The molecule has 2 rings (SSSR count). The Balaban J connectivity index is 1.76. The van der Waals surface area contributed by atoms with Gasteiger partial charge in [0.05, 0.1) is 19.7 Å². The van der Waals surface area contributed by atoms with Gasteiger partial charge in [-0.15, -0.1) is 0 Å². The number of nitrogens with two attached hydrogens (primary N) is 1. The van der Waals surface area contributed by atoms with E-state index < -0.39 is 24.9 Å². The van der Waals surface area contributed by atoms with Crippen molar-refractivity contribution >= 4 is 16.7 Å². The molecule has 0 spiro atoms. The number of halogens is 2. The van der Waals surface area contributed by atoms with Crippen molar-refractivity contribution in [1.29, 1.82) is 0 Å². The molecule has 0 unspecified atom stereocenters. The van der Waals surface area contributed by atoms with Crippen LogP contribution in [0.25, 0.3) is 10.8 Å². The average molecular weight is 322 g/mol. The Kier molecular flexibility index (Phi) is 5.87. The van der Waals surface area contributed by atoms with Gasteiger partial charge in [0.2, 0.25) is 5.91 Å². The second-order valence-corrected chi connectivity index (χ2v) is 5.27. The topological polar surface area (TPSA) is 64.3 Å². The van der Waals surface area contributed by atoms with Gasteiger partial charge in [-0.05, 0) is 17.9 Å². The third-order valence-corrected chi connectivity index (χ3v) is 3.40. The number of benzene rings is 2. The molecule has 2 aromatic rings. The Morgan fingerprint density at radius 3 is 2.70 bits per heavy atom. The van der Waals surface area contributed by atoms with Crippen LogP contribution in [-0.2, 0) is 4.79 Å². The maximum absolute atomic E-state index is 12.9. The van der Waals surface area contributed by atoms with Crippen LogP contribution < -0.4 is 15.8 Å². The molecule has 0 fully saturated rings. The molecule has 124 valence electrons. The maximum atomic E-state index is 12.9. The zero-order valence-electron chi connectivity index (χ0n) is 12.7. The Morgan fingerprint density at radius 1 is 1.17 bits per heavy atom. The molecule has 0 aromatic heterocycles. The summed E-state index contributed by atoms with van der Waals surface area (Å²) in [5, 5.41) is 4.26. The number of ether oxygens (including phenoxy) is 1. The van der Waals surface area contributed by atoms with Gasteiger partial charge in [0, 0.05) is 11.8 Å². The molecular formula is C17H20F2N2O2. The van der Waals surface area contributed by atoms with E-state index in [0.717, 1.165) is 16.5 Å². The Hall–Kier alpha value is -2.21. The molecule has 0 aliphatic carbocycles. The predicted octanol–water partition coefficient (Wildman–Crippen LogP) is 2.71. The summed E-state index contributed by atoms with van der Waals surface area (Å²) in [7, 11) is 0. The molecule has 0 saturated heterocycles. The number of carbonyl (C=O) groups excluding carboxylic acids is 1. The molecule has 3 N–H and O–H groups in total. The average Bonchev–Trinajstić information content (AvgIpc) is 2.57. The van der Waals surface area contributed by atoms with Crippen LogP contribution in [0.4, 0.5) is 8.78 Å². The molecule has 0 heterocycles. The Morgan fingerprint density at radius 2 is 1.91 bits per heavy atom. The van der Waals surface area contributed by atoms with Crippen LogP contribution in [0.5, 0.6) is 5.75 Å². The van der Waals surface area contributed by atoms with Crippen molar-refractivity contribution in [1.82, 2.24) is 5.32 Å². The molecule has 0 aliphatic rings. The SMILES string of the molecule is NCC(F)(F)CNC(=O)CCCOc1cccc2ccccc12. The van der Waals surface area contributed by atoms with E-state index in [1.54, 1.807) is 0 Å². The first-order valence-corrected chi connectivity index (χ1v) is 7.47. The van der Waals surface area contributed by atoms with E-state index in [0.29, 0.717) is 13.0 Å². The highest BCUT2D eigenvalue weighted by Crippen LogP contribution is 2.25. The lowest BCUT2D eigenvalue weighted by atomic mass is 10.1. The molecule has 0 atom stereocenters. The van der Waals surface area contributed by atoms with Crippen LogP contribution in [0.15, 0.2) is 42.5 Å². The number of hydrogen-bond donors (Lipinski definition) is 2. The highest BCUT2D eigenvalue weighted by atomic mass is 19.3. The second kappa shape index (κ2) is 7.87. The second-order valence-electron chi connectivity index (χ2n) is 5.27. The normalized spacial score (nSPS) is 11.4. The first-order chi connectivity index (χ1) is 11.0. The van der Waals surface area contributed by atoms with Crippen molar-refractivity contribution in [2.24, 2.45) is 5.73 Å². The van der Waals surface area contributed by atoms with E-state index in [2.05, 4.69) is 5.32 Å². The standard InChI is InChI=1S/C17H20F2N2O2/c18-17(19,11-20)12-21-16(22)9-4-10-23-15-8-3-6-13-5-1-2-7-14(13)15/h1-3,5-8H,4,9-12,20H2,(H,21,22). The van der Waals surface area contributed by atoms with Crippen LogP contribution in [0.2, 0.25) is 0 Å². The molecular weight excluding hydrogens is 302 g/mol. The van der Waals surface area contributed by atoms with Gasteiger partial charge < -0.3 is 15.8 Å². The monoisotopic (exact) mass is 322 g/mol. The van der Waals surface area contributed by atoms with E-state index in [9.17, 15) is 13.6 Å². The molecule has 0 saturated carbocycles. The van der Waals surface area contributed by atoms with Crippen molar-refractivity contribution in [3.8, 4) is 5.75 Å². The van der Waals surface area contributed by atoms with Gasteiger partial charge in [0.1, 0.15) is 5.75 Å². The molecule has 0 aliphatic heterocycles. The Bertz CT molecular complexity index is 657. The molecule has 4 nitrogen and oxygen atoms in total. The summed E-state index contributed by atoms with van der Waals surface area (Å²) in [6.07, 6.45) is 0.578. The van der Waals surface area contributed by atoms with E-state index in [-0.39, 0.29) is 6.42 Å². The van der Waals surface area contributed by atoms with Crippen LogP contribution >= 0.6 is 0 Å². The van der Waals surface area contributed by atoms with Gasteiger partial charge in [0.15, 0.2) is 0 Å². The number of carbonyl (C=O) groups is 1. The Labute approximate surface area is 133 Å². The summed E-state index contributed by atoms with van der Waals surface area (Å²) in [5.41, 5.74) is 4.90. The van der Waals surface area contributed by atoms with Crippen molar-refractivity contribution in [2.45, 2.75) is 18.8 Å². The number of alkyl halides is 2. The summed E-state index contributed by atoms with van der Waals surface area (Å²) >= 11 is 0. The summed E-state index contributed by atoms with van der Waals surface area (Å²) in [6.45, 7) is -1.17. The quantitative estimate of drug-likeness (QED) is 0.735. The van der Waals surface area contributed by atoms with E-state index in [4.69, 9.17) is 10.5 Å². The largest absolute Gasteiger partial charge is 0.493 e. The lowest BCUT2D eigenvalue weighted by Crippen LogP contribution is -2.41. The third kappa shape index (κ3) is 5.17. The molecule has 1 amide bonds. The summed E-state index contributed by atoms with van der Waals surface area (Å²) < 4.78 is 31.5. The predicted molar refractivity (Wildman–Crippen MR) is 85.7 cm³/mol. The lowest BCUT2D eigenvalue weighted by molar-refractivity contribution is -0.123. The zero-order valence-corrected chi connectivity index (χ0v) is 12.7. The maximum Gasteiger partial charge on any atom is 0.277 e. The summed E-state index contributed by atoms with van der Waals surface area (Å²) in [6, 6.07) is 13.6. The molecule has 23 heavy (non-hydrogen) atoms. The van der Waals surface area contributed by atoms with Gasteiger partial charge in [-0.1, -0.05) is 36.4 Å². The zero-order chi connectivity index (χ0) is 16.7. The fraction of sp³-hybridized carbons (Fsp3) is 0.353. The summed E-state index contributed by atoms with van der Waals surface area (Å²) in [5.74, 6) is -2.74. The first-order valence-electron chi connectivity index (χ1n) is 7.47. The van der Waals surface area contributed by atoms with Crippen molar-refractivity contribution < 1.29 is 18.3 Å². The third-order valence-electron chi connectivity index (χ3n) is 3.40. The van der Waals surface area contributed by atoms with Crippen molar-refractivity contribution in [2.75, 3.05) is 19.7 Å². The number of hydrogen-bond acceptors (Lipinski definition) is 3. The van der Waals surface area contributed by atoms with Crippen LogP contribution in [0.3, 0.4) is 0 Å². The van der Waals surface area contributed by atoms with E-state index in [1.165, 1.54) is 0 Å². The van der Waals surface area contributed by atoms with Crippen LogP contribution in [0, 0.1) is 0 Å². The van der Waals surface area contributed by atoms with E-state index in [1.807, 2.05) is 42.5 Å². The number of nitrogens with one attached hydrogen (secondary N) is 1. The highest BCUT2D eigenvalue weighted by molar-refractivity contribution is 5.88.